The molecule has 0 aliphatic carbocycles. The van der Waals surface area contributed by atoms with Crippen molar-refractivity contribution < 1.29 is 4.79 Å². The number of rotatable bonds is 5. The van der Waals surface area contributed by atoms with Crippen LogP contribution in [-0.4, -0.2) is 32.4 Å². The molecule has 0 spiro atoms. The molecule has 6 heteroatoms. The lowest BCUT2D eigenvalue weighted by molar-refractivity contribution is 0.0956. The molecule has 1 amide bonds. The van der Waals surface area contributed by atoms with E-state index in [0.717, 1.165) is 17.0 Å². The number of hydrogen-bond donors (Lipinski definition) is 1. The van der Waals surface area contributed by atoms with E-state index in [-0.39, 0.29) is 11.9 Å². The van der Waals surface area contributed by atoms with Crippen molar-refractivity contribution in [3.63, 3.8) is 0 Å². The Morgan fingerprint density at radius 1 is 1.36 bits per heavy atom. The third kappa shape index (κ3) is 3.00. The monoisotopic (exact) mass is 301 g/mol. The Bertz CT molecular complexity index is 662. The average Bonchev–Trinajstić information content (AvgIpc) is 2.91. The van der Waals surface area contributed by atoms with Crippen molar-refractivity contribution in [3.8, 4) is 11.3 Å². The van der Waals surface area contributed by atoms with E-state index in [4.69, 9.17) is 0 Å². The lowest BCUT2D eigenvalue weighted by Crippen LogP contribution is -2.23. The molecule has 0 saturated heterocycles. The molecule has 6 nitrogen and oxygen atoms in total. The molecular formula is C16H23N5O. The minimum absolute atomic E-state index is 0.115. The van der Waals surface area contributed by atoms with Crippen LogP contribution in [-0.2, 0) is 0 Å². The van der Waals surface area contributed by atoms with Crippen molar-refractivity contribution >= 4 is 5.91 Å². The molecular weight excluding hydrogens is 278 g/mol. The molecule has 1 N–H and O–H groups in total. The first-order chi connectivity index (χ1) is 10.5. The molecule has 118 valence electrons. The van der Waals surface area contributed by atoms with Crippen molar-refractivity contribution in [2.75, 3.05) is 6.54 Å². The van der Waals surface area contributed by atoms with Gasteiger partial charge in [-0.15, -0.1) is 0 Å². The van der Waals surface area contributed by atoms with Crippen LogP contribution in [0.25, 0.3) is 11.3 Å². The van der Waals surface area contributed by atoms with Gasteiger partial charge < -0.3 is 5.32 Å². The molecule has 2 aromatic heterocycles. The van der Waals surface area contributed by atoms with E-state index in [1.165, 1.54) is 0 Å². The van der Waals surface area contributed by atoms with Gasteiger partial charge in [-0.05, 0) is 32.8 Å². The number of aryl methyl sites for hydroxylation is 1. The summed E-state index contributed by atoms with van der Waals surface area (Å²) in [5, 5.41) is 15.3. The van der Waals surface area contributed by atoms with E-state index >= 15 is 0 Å². The number of nitrogens with zero attached hydrogens (tertiary/aromatic N) is 4. The maximum atomic E-state index is 12.4. The van der Waals surface area contributed by atoms with Gasteiger partial charge in [0.15, 0.2) is 0 Å². The summed E-state index contributed by atoms with van der Waals surface area (Å²) in [6.07, 6.45) is 3.28. The molecule has 22 heavy (non-hydrogen) atoms. The van der Waals surface area contributed by atoms with Gasteiger partial charge in [0.05, 0.1) is 35.4 Å². The summed E-state index contributed by atoms with van der Waals surface area (Å²) < 4.78 is 1.92. The lowest BCUT2D eigenvalue weighted by atomic mass is 10.0. The van der Waals surface area contributed by atoms with Crippen LogP contribution in [0.3, 0.4) is 0 Å². The molecule has 0 aliphatic heterocycles. The summed E-state index contributed by atoms with van der Waals surface area (Å²) in [4.78, 5) is 12.4. The Labute approximate surface area is 130 Å². The zero-order chi connectivity index (χ0) is 16.3. The number of aromatic nitrogens is 4. The largest absolute Gasteiger partial charge is 0.352 e. The highest BCUT2D eigenvalue weighted by molar-refractivity contribution is 6.00. The molecule has 0 saturated carbocycles. The van der Waals surface area contributed by atoms with E-state index in [9.17, 15) is 4.79 Å². The van der Waals surface area contributed by atoms with Crippen LogP contribution in [0.2, 0.25) is 0 Å². The number of carbonyl (C=O) groups excluding carboxylic acids is 1. The fraction of sp³-hybridized carbons (Fsp3) is 0.500. The number of hydrogen-bond acceptors (Lipinski definition) is 4. The topological polar surface area (TPSA) is 72.7 Å². The summed E-state index contributed by atoms with van der Waals surface area (Å²) in [5.74, 6) is 0.284. The van der Waals surface area contributed by atoms with E-state index in [1.807, 2.05) is 24.6 Å². The average molecular weight is 301 g/mol. The standard InChI is InChI=1S/C16H23N5O/c1-6-17-16(22)14-9-19-21(12(5)10(2)3)15(14)13-7-8-18-20-11(13)4/h7-10,12H,6H2,1-5H3,(H,17,22). The van der Waals surface area contributed by atoms with Gasteiger partial charge in [-0.25, -0.2) is 0 Å². The minimum atomic E-state index is -0.115. The summed E-state index contributed by atoms with van der Waals surface area (Å²) >= 11 is 0. The second kappa shape index (κ2) is 6.68. The number of amides is 1. The molecule has 2 rings (SSSR count). The van der Waals surface area contributed by atoms with E-state index in [2.05, 4.69) is 41.4 Å². The highest BCUT2D eigenvalue weighted by Gasteiger charge is 2.24. The van der Waals surface area contributed by atoms with Crippen LogP contribution >= 0.6 is 0 Å². The fourth-order valence-electron chi connectivity index (χ4n) is 2.30. The Hall–Kier alpha value is -2.24. The number of nitrogens with one attached hydrogen (secondary N) is 1. The molecule has 2 heterocycles. The highest BCUT2D eigenvalue weighted by Crippen LogP contribution is 2.30. The predicted octanol–water partition coefficient (Wildman–Crippen LogP) is 2.62. The fourth-order valence-corrected chi connectivity index (χ4v) is 2.30. The third-order valence-corrected chi connectivity index (χ3v) is 3.89. The number of carbonyl (C=O) groups is 1. The van der Waals surface area contributed by atoms with Crippen molar-refractivity contribution in [3.05, 3.63) is 29.7 Å². The lowest BCUT2D eigenvalue weighted by Gasteiger charge is -2.20. The van der Waals surface area contributed by atoms with Crippen LogP contribution in [0.15, 0.2) is 18.5 Å². The van der Waals surface area contributed by atoms with Crippen molar-refractivity contribution in [1.29, 1.82) is 0 Å². The van der Waals surface area contributed by atoms with Crippen LogP contribution in [0.4, 0.5) is 0 Å². The van der Waals surface area contributed by atoms with Crippen molar-refractivity contribution in [2.45, 2.75) is 40.7 Å². The van der Waals surface area contributed by atoms with Gasteiger partial charge in [0, 0.05) is 12.1 Å². The highest BCUT2D eigenvalue weighted by atomic mass is 16.1. The van der Waals surface area contributed by atoms with Crippen LogP contribution in [0, 0.1) is 12.8 Å². The summed E-state index contributed by atoms with van der Waals surface area (Å²) in [6, 6.07) is 2.05. The zero-order valence-electron chi connectivity index (χ0n) is 13.8. The van der Waals surface area contributed by atoms with E-state index in [1.54, 1.807) is 12.4 Å². The molecule has 0 aliphatic rings. The van der Waals surface area contributed by atoms with Gasteiger partial charge in [-0.2, -0.15) is 15.3 Å². The minimum Gasteiger partial charge on any atom is -0.352 e. The molecule has 0 bridgehead atoms. The SMILES string of the molecule is CCNC(=O)c1cnn(C(C)C(C)C)c1-c1ccnnc1C. The van der Waals surface area contributed by atoms with Crippen LogP contribution in [0.1, 0.15) is 49.8 Å². The Morgan fingerprint density at radius 2 is 2.09 bits per heavy atom. The molecule has 1 unspecified atom stereocenters. The Balaban J connectivity index is 2.63. The Kier molecular flexibility index (Phi) is 4.90. The molecule has 2 aromatic rings. The first kappa shape index (κ1) is 16.1. The van der Waals surface area contributed by atoms with Gasteiger partial charge >= 0.3 is 0 Å². The normalized spacial score (nSPS) is 12.5. The van der Waals surface area contributed by atoms with Gasteiger partial charge in [-0.3, -0.25) is 9.48 Å². The summed E-state index contributed by atoms with van der Waals surface area (Å²) in [7, 11) is 0. The van der Waals surface area contributed by atoms with Crippen LogP contribution in [0.5, 0.6) is 0 Å². The maximum absolute atomic E-state index is 12.4. The van der Waals surface area contributed by atoms with E-state index < -0.39 is 0 Å². The van der Waals surface area contributed by atoms with E-state index in [0.29, 0.717) is 18.0 Å². The molecule has 1 atom stereocenters. The summed E-state index contributed by atoms with van der Waals surface area (Å²) in [6.45, 7) is 10.8. The third-order valence-electron chi connectivity index (χ3n) is 3.89. The second-order valence-corrected chi connectivity index (χ2v) is 5.73. The van der Waals surface area contributed by atoms with Gasteiger partial charge in [-0.1, -0.05) is 13.8 Å². The Morgan fingerprint density at radius 3 is 2.68 bits per heavy atom. The maximum Gasteiger partial charge on any atom is 0.255 e. The second-order valence-electron chi connectivity index (χ2n) is 5.73. The summed E-state index contributed by atoms with van der Waals surface area (Å²) in [5.41, 5.74) is 3.05. The zero-order valence-corrected chi connectivity index (χ0v) is 13.8. The molecule has 0 radical (unpaired) electrons. The van der Waals surface area contributed by atoms with Gasteiger partial charge in [0.2, 0.25) is 0 Å². The predicted molar refractivity (Wildman–Crippen MR) is 85.5 cm³/mol. The van der Waals surface area contributed by atoms with Crippen molar-refractivity contribution in [2.24, 2.45) is 5.92 Å². The van der Waals surface area contributed by atoms with Crippen molar-refractivity contribution in [1.82, 2.24) is 25.3 Å². The quantitative estimate of drug-likeness (QED) is 0.921. The first-order valence-corrected chi connectivity index (χ1v) is 7.61. The van der Waals surface area contributed by atoms with Crippen LogP contribution < -0.4 is 5.32 Å². The van der Waals surface area contributed by atoms with Gasteiger partial charge in [0.1, 0.15) is 0 Å². The molecule has 0 fully saturated rings. The molecule has 0 aromatic carbocycles. The smallest absolute Gasteiger partial charge is 0.255 e. The first-order valence-electron chi connectivity index (χ1n) is 7.61. The van der Waals surface area contributed by atoms with Gasteiger partial charge in [0.25, 0.3) is 5.91 Å².